The maximum atomic E-state index is 12.4. The van der Waals surface area contributed by atoms with E-state index in [0.29, 0.717) is 46.7 Å². The Morgan fingerprint density at radius 1 is 1.04 bits per heavy atom. The van der Waals surface area contributed by atoms with Crippen LogP contribution in [-0.4, -0.2) is 65.9 Å². The molecular weight excluding hydrogens is 596 g/mol. The fraction of sp³-hybridized carbons (Fsp3) is 0.515. The number of allylic oxidation sites excluding steroid dienone is 2. The van der Waals surface area contributed by atoms with Crippen LogP contribution in [0, 0.1) is 25.7 Å². The number of aliphatic carboxylic acids is 2. The van der Waals surface area contributed by atoms with Gasteiger partial charge in [0.2, 0.25) is 0 Å². The molecule has 1 amide bonds. The third kappa shape index (κ3) is 7.29. The number of H-pyrrole nitrogens is 2. The van der Waals surface area contributed by atoms with E-state index in [1.807, 2.05) is 40.7 Å². The highest BCUT2D eigenvalue weighted by molar-refractivity contribution is 7.80. The number of hydrogen-bond acceptors (Lipinski definition) is 7. The van der Waals surface area contributed by atoms with Crippen LogP contribution in [0.15, 0.2) is 21.8 Å². The predicted molar refractivity (Wildman–Crippen MR) is 174 cm³/mol. The van der Waals surface area contributed by atoms with Crippen molar-refractivity contribution in [3.63, 3.8) is 0 Å². The van der Waals surface area contributed by atoms with Gasteiger partial charge >= 0.3 is 11.9 Å². The smallest absolute Gasteiger partial charge is 0.306 e. The van der Waals surface area contributed by atoms with Gasteiger partial charge in [0.25, 0.3) is 5.91 Å². The zero-order chi connectivity index (χ0) is 33.2. The highest BCUT2D eigenvalue weighted by Gasteiger charge is 2.35. The number of nitrogens with zero attached hydrogens (tertiary/aromatic N) is 1. The molecule has 1 fully saturated rings. The third-order valence-electron chi connectivity index (χ3n) is 9.30. The molecule has 0 bridgehead atoms. The molecule has 11 nitrogen and oxygen atoms in total. The van der Waals surface area contributed by atoms with Crippen LogP contribution in [-0.2, 0) is 33.6 Å². The molecule has 244 valence electrons. The molecule has 0 spiro atoms. The van der Waals surface area contributed by atoms with Gasteiger partial charge in [-0.25, -0.2) is 4.99 Å². The first kappa shape index (κ1) is 34.3. The fourth-order valence-corrected chi connectivity index (χ4v) is 6.95. The molecule has 2 aromatic heterocycles. The summed E-state index contributed by atoms with van der Waals surface area (Å²) in [7, 11) is 0. The SMILES string of the molecule is CCC1=C(C)C(Cc2[nH]c(Cc3[nH]c(/C=C4\NC(O)[C@H](C)[C@H]4CCS)c(C)c3CCC(=O)O)c([C@H](O)CC(=O)O)c2C)=NC1=O. The van der Waals surface area contributed by atoms with Crippen LogP contribution in [0.25, 0.3) is 6.08 Å². The predicted octanol–water partition coefficient (Wildman–Crippen LogP) is 4.16. The molecule has 7 N–H and O–H groups in total. The number of rotatable bonds is 14. The molecule has 45 heavy (non-hydrogen) atoms. The van der Waals surface area contributed by atoms with Gasteiger partial charge in [0.1, 0.15) is 6.23 Å². The third-order valence-corrected chi connectivity index (χ3v) is 9.56. The number of aliphatic hydroxyl groups excluding tert-OH is 2. The minimum absolute atomic E-state index is 0.00475. The second kappa shape index (κ2) is 14.2. The lowest BCUT2D eigenvalue weighted by atomic mass is 9.91. The van der Waals surface area contributed by atoms with Crippen molar-refractivity contribution in [1.82, 2.24) is 15.3 Å². The summed E-state index contributed by atoms with van der Waals surface area (Å²) in [6, 6.07) is 0. The van der Waals surface area contributed by atoms with Crippen molar-refractivity contribution in [3.8, 4) is 0 Å². The molecule has 4 heterocycles. The number of aliphatic imine (C=N–C) groups is 1. The molecule has 4 atom stereocenters. The monoisotopic (exact) mass is 640 g/mol. The summed E-state index contributed by atoms with van der Waals surface area (Å²) in [5.74, 6) is -1.59. The van der Waals surface area contributed by atoms with E-state index in [2.05, 4.69) is 32.9 Å². The maximum absolute atomic E-state index is 12.4. The molecule has 0 saturated carbocycles. The van der Waals surface area contributed by atoms with Crippen LogP contribution in [0.3, 0.4) is 0 Å². The van der Waals surface area contributed by atoms with E-state index in [-0.39, 0.29) is 37.0 Å². The molecule has 1 saturated heterocycles. The van der Waals surface area contributed by atoms with Crippen molar-refractivity contribution in [1.29, 1.82) is 0 Å². The lowest BCUT2D eigenvalue weighted by molar-refractivity contribution is -0.139. The van der Waals surface area contributed by atoms with Crippen LogP contribution >= 0.6 is 12.6 Å². The maximum Gasteiger partial charge on any atom is 0.306 e. The van der Waals surface area contributed by atoms with Gasteiger partial charge in [0, 0.05) is 70.7 Å². The number of hydrogen-bond donors (Lipinski definition) is 8. The Labute approximate surface area is 268 Å². The quantitative estimate of drug-likeness (QED) is 0.141. The molecule has 12 heteroatoms. The van der Waals surface area contributed by atoms with Crippen molar-refractivity contribution >= 4 is 42.3 Å². The van der Waals surface area contributed by atoms with E-state index in [9.17, 15) is 34.8 Å². The van der Waals surface area contributed by atoms with Crippen LogP contribution < -0.4 is 5.32 Å². The van der Waals surface area contributed by atoms with Crippen LogP contribution in [0.2, 0.25) is 0 Å². The van der Waals surface area contributed by atoms with Crippen LogP contribution in [0.4, 0.5) is 0 Å². The number of aromatic nitrogens is 2. The van der Waals surface area contributed by atoms with Crippen molar-refractivity contribution in [2.75, 3.05) is 5.75 Å². The Morgan fingerprint density at radius 3 is 2.36 bits per heavy atom. The Balaban J connectivity index is 1.78. The minimum atomic E-state index is -1.29. The highest BCUT2D eigenvalue weighted by Crippen LogP contribution is 2.36. The number of aromatic amines is 2. The summed E-state index contributed by atoms with van der Waals surface area (Å²) in [5, 5.41) is 43.7. The minimum Gasteiger partial charge on any atom is -0.481 e. The van der Waals surface area contributed by atoms with Gasteiger partial charge in [0.15, 0.2) is 0 Å². The number of carbonyl (C=O) groups excluding carboxylic acids is 1. The molecule has 0 aliphatic carbocycles. The second-order valence-corrected chi connectivity index (χ2v) is 12.5. The Bertz CT molecular complexity index is 1580. The number of nitrogens with one attached hydrogen (secondary N) is 3. The summed E-state index contributed by atoms with van der Waals surface area (Å²) in [6.07, 6.45) is 1.59. The largest absolute Gasteiger partial charge is 0.481 e. The van der Waals surface area contributed by atoms with E-state index in [1.54, 1.807) is 0 Å². The average Bonchev–Trinajstić information content (AvgIpc) is 3.61. The van der Waals surface area contributed by atoms with Crippen molar-refractivity contribution in [2.24, 2.45) is 16.8 Å². The lowest BCUT2D eigenvalue weighted by Gasteiger charge is -2.14. The van der Waals surface area contributed by atoms with Crippen molar-refractivity contribution in [2.45, 2.75) is 91.9 Å². The second-order valence-electron chi connectivity index (χ2n) is 12.1. The zero-order valence-corrected chi connectivity index (χ0v) is 27.3. The molecule has 0 aromatic carbocycles. The number of carboxylic acids is 2. The zero-order valence-electron chi connectivity index (χ0n) is 26.5. The summed E-state index contributed by atoms with van der Waals surface area (Å²) in [4.78, 5) is 46.7. The molecule has 0 radical (unpaired) electrons. The molecule has 1 unspecified atom stereocenters. The highest BCUT2D eigenvalue weighted by atomic mass is 32.1. The lowest BCUT2D eigenvalue weighted by Crippen LogP contribution is -2.24. The number of carbonyl (C=O) groups is 3. The number of thiol groups is 1. The molecule has 4 rings (SSSR count). The average molecular weight is 641 g/mol. The van der Waals surface area contributed by atoms with Crippen LogP contribution in [0.5, 0.6) is 0 Å². The molecular formula is C33H44N4O7S. The van der Waals surface area contributed by atoms with Crippen molar-refractivity contribution in [3.05, 3.63) is 61.9 Å². The summed E-state index contributed by atoms with van der Waals surface area (Å²) >= 11 is 4.40. The first-order chi connectivity index (χ1) is 21.3. The summed E-state index contributed by atoms with van der Waals surface area (Å²) in [5.41, 5.74) is 8.72. The fourth-order valence-electron chi connectivity index (χ4n) is 6.67. The van der Waals surface area contributed by atoms with E-state index >= 15 is 0 Å². The van der Waals surface area contributed by atoms with Gasteiger partial charge in [-0.2, -0.15) is 12.6 Å². The summed E-state index contributed by atoms with van der Waals surface area (Å²) in [6.45, 7) is 9.50. The molecule has 2 aromatic rings. The van der Waals surface area contributed by atoms with Gasteiger partial charge in [-0.3, -0.25) is 14.4 Å². The van der Waals surface area contributed by atoms with Crippen molar-refractivity contribution < 1.29 is 34.8 Å². The Hall–Kier alpha value is -3.61. The van der Waals surface area contributed by atoms with Crippen LogP contribution in [0.1, 0.15) is 97.6 Å². The Morgan fingerprint density at radius 2 is 1.76 bits per heavy atom. The van der Waals surface area contributed by atoms with Gasteiger partial charge in [-0.1, -0.05) is 13.8 Å². The van der Waals surface area contributed by atoms with E-state index in [1.165, 1.54) is 0 Å². The number of aliphatic hydroxyl groups is 2. The number of amides is 1. The van der Waals surface area contributed by atoms with E-state index in [0.717, 1.165) is 45.9 Å². The van der Waals surface area contributed by atoms with Gasteiger partial charge in [0.05, 0.1) is 18.2 Å². The van der Waals surface area contributed by atoms with Gasteiger partial charge in [-0.15, -0.1) is 0 Å². The molecule has 2 aliphatic heterocycles. The van der Waals surface area contributed by atoms with Gasteiger partial charge in [-0.05, 0) is 74.1 Å². The van der Waals surface area contributed by atoms with Gasteiger partial charge < -0.3 is 35.7 Å². The topological polar surface area (TPSA) is 188 Å². The first-order valence-corrected chi connectivity index (χ1v) is 16.0. The Kier molecular flexibility index (Phi) is 10.8. The normalized spacial score (nSPS) is 21.5. The molecule has 2 aliphatic rings. The van der Waals surface area contributed by atoms with E-state index < -0.39 is 30.7 Å². The summed E-state index contributed by atoms with van der Waals surface area (Å²) < 4.78 is 0. The standard InChI is InChI=1S/C33H44N4O7S/c1-6-19-15(2)23(36-33(19)44)11-24-18(5)31(28(38)14-30(41)42)27(35-24)13-25-20(7-8-29(39)40)16(3)22(34-25)12-26-21(9-10-45)17(4)32(43)37-26/h12,17,21,28,32,34-35,37-38,43,45H,6-11,13-14H2,1-5H3,(H,39,40)(H,41,42)/b26-12-/t17-,21-,28-,32?/m1/s1. The first-order valence-electron chi connectivity index (χ1n) is 15.4. The number of carboxylic acid groups (broad SMARTS) is 2. The van der Waals surface area contributed by atoms with E-state index in [4.69, 9.17) is 0 Å².